The van der Waals surface area contributed by atoms with Crippen LogP contribution in [0.1, 0.15) is 25.2 Å². The molecule has 0 radical (unpaired) electrons. The van der Waals surface area contributed by atoms with Crippen LogP contribution >= 0.6 is 0 Å². The van der Waals surface area contributed by atoms with E-state index in [-0.39, 0.29) is 5.56 Å². The number of pyridine rings is 1. The van der Waals surface area contributed by atoms with Gasteiger partial charge in [-0.1, -0.05) is 19.2 Å². The van der Waals surface area contributed by atoms with Gasteiger partial charge in [-0.05, 0) is 25.8 Å². The van der Waals surface area contributed by atoms with Crippen LogP contribution < -0.4 is 10.9 Å². The minimum atomic E-state index is -0.416. The van der Waals surface area contributed by atoms with E-state index in [9.17, 15) is 9.18 Å². The van der Waals surface area contributed by atoms with Gasteiger partial charge in [0.2, 0.25) is 5.56 Å². The number of allylic oxidation sites excluding steroid dienone is 3. The molecule has 0 amide bonds. The fraction of sp³-hybridized carbons (Fsp3) is 0.190. The summed E-state index contributed by atoms with van der Waals surface area (Å²) in [4.78, 5) is 31.2. The van der Waals surface area contributed by atoms with Crippen molar-refractivity contribution in [1.29, 1.82) is 0 Å². The molecule has 3 aromatic heterocycles. The highest BCUT2D eigenvalue weighted by atomic mass is 19.1. The Morgan fingerprint density at radius 2 is 2.13 bits per heavy atom. The van der Waals surface area contributed by atoms with E-state index in [1.165, 1.54) is 19.2 Å². The maximum atomic E-state index is 12.9. The number of H-pyrrole nitrogens is 1. The molecule has 9 heteroatoms. The van der Waals surface area contributed by atoms with Gasteiger partial charge in [0.25, 0.3) is 0 Å². The third kappa shape index (κ3) is 4.93. The number of nitrogens with zero attached hydrogens (tertiary/aromatic N) is 5. The molecule has 0 unspecified atom stereocenters. The summed E-state index contributed by atoms with van der Waals surface area (Å²) in [5.41, 5.74) is 3.17. The van der Waals surface area contributed by atoms with Gasteiger partial charge in [-0.15, -0.1) is 0 Å². The van der Waals surface area contributed by atoms with Crippen molar-refractivity contribution in [3.63, 3.8) is 0 Å². The number of hydrogen-bond donors (Lipinski definition) is 2. The standard InChI is InChI=1S/C21H22FN7O/c1-13(2)29-12-26-18-20(24-8-7-16-5-6-17(30)25-11-16)27-19(28-21(18)29)14(3)9-23-10-15(4)22/h5-6,9-12H,1,3,7-8H2,2,4H3,(H,25,30)(H,24,27,28)/b15-10+,23-9?. The molecule has 0 aliphatic rings. The first-order chi connectivity index (χ1) is 14.3. The summed E-state index contributed by atoms with van der Waals surface area (Å²) >= 11 is 0. The first kappa shape index (κ1) is 20.8. The third-order valence-corrected chi connectivity index (χ3v) is 4.13. The topological polar surface area (TPSA) is 101 Å². The summed E-state index contributed by atoms with van der Waals surface area (Å²) in [5, 5.41) is 3.27. The van der Waals surface area contributed by atoms with Crippen LogP contribution in [0, 0.1) is 0 Å². The van der Waals surface area contributed by atoms with E-state index >= 15 is 0 Å². The molecule has 0 saturated heterocycles. The Kier molecular flexibility index (Phi) is 6.31. The summed E-state index contributed by atoms with van der Waals surface area (Å²) in [6.45, 7) is 11.6. The Balaban J connectivity index is 1.91. The average Bonchev–Trinajstić information content (AvgIpc) is 3.13. The Labute approximate surface area is 172 Å². The lowest BCUT2D eigenvalue weighted by Crippen LogP contribution is -2.11. The number of aromatic amines is 1. The summed E-state index contributed by atoms with van der Waals surface area (Å²) in [7, 11) is 0. The van der Waals surface area contributed by atoms with Crippen molar-refractivity contribution in [3.05, 3.63) is 71.6 Å². The number of hydrogen-bond acceptors (Lipinski definition) is 6. The number of imidazole rings is 1. The highest BCUT2D eigenvalue weighted by molar-refractivity contribution is 6.08. The van der Waals surface area contributed by atoms with Crippen LogP contribution in [0.3, 0.4) is 0 Å². The Morgan fingerprint density at radius 1 is 1.33 bits per heavy atom. The lowest BCUT2D eigenvalue weighted by molar-refractivity contribution is 0.637. The van der Waals surface area contributed by atoms with E-state index < -0.39 is 5.83 Å². The molecule has 0 aliphatic heterocycles. The fourth-order valence-electron chi connectivity index (χ4n) is 2.66. The lowest BCUT2D eigenvalue weighted by Gasteiger charge is -2.09. The zero-order valence-electron chi connectivity index (χ0n) is 16.8. The Bertz CT molecular complexity index is 1200. The summed E-state index contributed by atoms with van der Waals surface area (Å²) in [5.74, 6) is 0.456. The van der Waals surface area contributed by atoms with Crippen LogP contribution in [0.5, 0.6) is 0 Å². The van der Waals surface area contributed by atoms with Crippen LogP contribution in [-0.2, 0) is 6.42 Å². The number of nitrogens with one attached hydrogen (secondary N) is 2. The number of anilines is 1. The fourth-order valence-corrected chi connectivity index (χ4v) is 2.66. The normalized spacial score (nSPS) is 11.9. The maximum absolute atomic E-state index is 12.9. The molecule has 8 nitrogen and oxygen atoms in total. The second-order valence-corrected chi connectivity index (χ2v) is 6.68. The molecule has 30 heavy (non-hydrogen) atoms. The van der Waals surface area contributed by atoms with E-state index in [1.807, 2.05) is 6.92 Å². The minimum absolute atomic E-state index is 0.142. The molecule has 0 aromatic carbocycles. The monoisotopic (exact) mass is 407 g/mol. The quantitative estimate of drug-likeness (QED) is 0.556. The molecule has 0 fully saturated rings. The van der Waals surface area contributed by atoms with Crippen molar-refractivity contribution >= 4 is 34.5 Å². The molecule has 0 saturated carbocycles. The van der Waals surface area contributed by atoms with Gasteiger partial charge in [-0.25, -0.2) is 19.3 Å². The first-order valence-electron chi connectivity index (χ1n) is 9.22. The van der Waals surface area contributed by atoms with Crippen LogP contribution in [0.15, 0.2) is 59.6 Å². The minimum Gasteiger partial charge on any atom is -0.368 e. The van der Waals surface area contributed by atoms with Crippen LogP contribution in [0.25, 0.3) is 22.4 Å². The van der Waals surface area contributed by atoms with Crippen molar-refractivity contribution in [2.75, 3.05) is 11.9 Å². The summed E-state index contributed by atoms with van der Waals surface area (Å²) in [6.07, 6.45) is 6.47. The van der Waals surface area contributed by atoms with Crippen molar-refractivity contribution in [2.24, 2.45) is 4.99 Å². The molecule has 2 N–H and O–H groups in total. The van der Waals surface area contributed by atoms with Gasteiger partial charge in [0.15, 0.2) is 22.8 Å². The molecule has 0 aliphatic carbocycles. The number of rotatable bonds is 8. The third-order valence-electron chi connectivity index (χ3n) is 4.13. The molecule has 0 bridgehead atoms. The highest BCUT2D eigenvalue weighted by Gasteiger charge is 2.14. The molecule has 0 spiro atoms. The smallest absolute Gasteiger partial charge is 0.247 e. The molecule has 154 valence electrons. The molecular weight excluding hydrogens is 385 g/mol. The van der Waals surface area contributed by atoms with Crippen LogP contribution in [-0.4, -0.2) is 37.3 Å². The second kappa shape index (κ2) is 9.08. The predicted molar refractivity (Wildman–Crippen MR) is 118 cm³/mol. The second-order valence-electron chi connectivity index (χ2n) is 6.68. The van der Waals surface area contributed by atoms with E-state index in [2.05, 4.69) is 43.4 Å². The van der Waals surface area contributed by atoms with Gasteiger partial charge in [-0.2, -0.15) is 0 Å². The van der Waals surface area contributed by atoms with E-state index in [0.29, 0.717) is 41.3 Å². The number of aromatic nitrogens is 5. The Hall–Kier alpha value is -3.88. The number of aliphatic imine (C=N–C) groups is 1. The number of fused-ring (bicyclic) bond motifs is 1. The molecule has 0 atom stereocenters. The molecular formula is C21H22FN7O. The van der Waals surface area contributed by atoms with Gasteiger partial charge in [0, 0.05) is 36.3 Å². The van der Waals surface area contributed by atoms with Gasteiger partial charge in [0.05, 0.1) is 6.20 Å². The highest BCUT2D eigenvalue weighted by Crippen LogP contribution is 2.23. The van der Waals surface area contributed by atoms with E-state index in [0.717, 1.165) is 17.5 Å². The van der Waals surface area contributed by atoms with E-state index in [4.69, 9.17) is 0 Å². The van der Waals surface area contributed by atoms with Crippen molar-refractivity contribution in [2.45, 2.75) is 20.3 Å². The zero-order chi connectivity index (χ0) is 21.7. The van der Waals surface area contributed by atoms with E-state index in [1.54, 1.807) is 23.2 Å². The SMILES string of the molecule is C=C(C=N/C=C(\C)F)c1nc(NCCc2ccc(=O)[nH]c2)c2ncn(C(=C)C)c2n1. The first-order valence-corrected chi connectivity index (χ1v) is 9.22. The summed E-state index contributed by atoms with van der Waals surface area (Å²) in [6, 6.07) is 3.26. The summed E-state index contributed by atoms with van der Waals surface area (Å²) < 4.78 is 14.6. The maximum Gasteiger partial charge on any atom is 0.247 e. The van der Waals surface area contributed by atoms with Crippen LogP contribution in [0.2, 0.25) is 0 Å². The lowest BCUT2D eigenvalue weighted by atomic mass is 10.2. The van der Waals surface area contributed by atoms with Gasteiger partial charge < -0.3 is 10.3 Å². The van der Waals surface area contributed by atoms with Gasteiger partial charge >= 0.3 is 0 Å². The predicted octanol–water partition coefficient (Wildman–Crippen LogP) is 3.57. The zero-order valence-corrected chi connectivity index (χ0v) is 16.8. The van der Waals surface area contributed by atoms with Crippen molar-refractivity contribution in [1.82, 2.24) is 24.5 Å². The largest absolute Gasteiger partial charge is 0.368 e. The van der Waals surface area contributed by atoms with Crippen molar-refractivity contribution in [3.8, 4) is 0 Å². The average molecular weight is 407 g/mol. The number of halogens is 1. The van der Waals surface area contributed by atoms with Crippen molar-refractivity contribution < 1.29 is 4.39 Å². The molecule has 3 rings (SSSR count). The van der Waals surface area contributed by atoms with Gasteiger partial charge in [-0.3, -0.25) is 14.4 Å². The van der Waals surface area contributed by atoms with Crippen LogP contribution in [0.4, 0.5) is 10.2 Å². The Morgan fingerprint density at radius 3 is 2.80 bits per heavy atom. The molecule has 3 heterocycles. The van der Waals surface area contributed by atoms with Gasteiger partial charge in [0.1, 0.15) is 12.2 Å². The molecule has 3 aromatic rings.